The van der Waals surface area contributed by atoms with Crippen LogP contribution in [0.5, 0.6) is 5.75 Å². The third-order valence-corrected chi connectivity index (χ3v) is 4.91. The van der Waals surface area contributed by atoms with Gasteiger partial charge in [0.2, 0.25) is 0 Å². The molecule has 0 aliphatic rings. The second-order valence-electron chi connectivity index (χ2n) is 5.10. The van der Waals surface area contributed by atoms with Gasteiger partial charge >= 0.3 is 5.97 Å². The van der Waals surface area contributed by atoms with Crippen LogP contribution in [0.4, 0.5) is 0 Å². The largest absolute Gasteiger partial charge is 0.494 e. The van der Waals surface area contributed by atoms with Crippen molar-refractivity contribution in [2.45, 2.75) is 13.5 Å². The van der Waals surface area contributed by atoms with Gasteiger partial charge in [-0.05, 0) is 42.1 Å². The second-order valence-corrected chi connectivity index (χ2v) is 6.74. The van der Waals surface area contributed by atoms with E-state index in [0.29, 0.717) is 6.61 Å². The Morgan fingerprint density at radius 3 is 2.76 bits per heavy atom. The van der Waals surface area contributed by atoms with Gasteiger partial charge in [-0.25, -0.2) is 9.78 Å². The monoisotopic (exact) mass is 371 g/mol. The van der Waals surface area contributed by atoms with Gasteiger partial charge in [0.1, 0.15) is 17.4 Å². The predicted molar refractivity (Wildman–Crippen MR) is 102 cm³/mol. The number of carbonyl (C=O) groups is 1. The fourth-order valence-corrected chi connectivity index (χ4v) is 3.61. The van der Waals surface area contributed by atoms with Gasteiger partial charge < -0.3 is 9.47 Å². The summed E-state index contributed by atoms with van der Waals surface area (Å²) < 4.78 is 10.6. The lowest BCUT2D eigenvalue weighted by Crippen LogP contribution is -2.00. The van der Waals surface area contributed by atoms with Gasteiger partial charge in [-0.3, -0.25) is 0 Å². The van der Waals surface area contributed by atoms with Crippen molar-refractivity contribution in [1.82, 2.24) is 4.98 Å². The molecule has 0 saturated heterocycles. The highest BCUT2D eigenvalue weighted by molar-refractivity contribution is 7.14. The van der Waals surface area contributed by atoms with E-state index in [9.17, 15) is 4.79 Å². The first kappa shape index (κ1) is 17.4. The van der Waals surface area contributed by atoms with E-state index in [2.05, 4.69) is 4.98 Å². The summed E-state index contributed by atoms with van der Waals surface area (Å²) in [6.45, 7) is 2.74. The fraction of sp³-hybridized carbons (Fsp3) is 0.158. The lowest BCUT2D eigenvalue weighted by atomic mass is 10.2. The molecule has 0 radical (unpaired) electrons. The van der Waals surface area contributed by atoms with Gasteiger partial charge in [-0.2, -0.15) is 11.3 Å². The Labute approximate surface area is 154 Å². The summed E-state index contributed by atoms with van der Waals surface area (Å²) in [6.07, 6.45) is 3.14. The normalized spacial score (nSPS) is 10.9. The Morgan fingerprint density at radius 1 is 1.20 bits per heavy atom. The highest BCUT2D eigenvalue weighted by atomic mass is 32.1. The maximum absolute atomic E-state index is 11.8. The van der Waals surface area contributed by atoms with Crippen LogP contribution in [0.1, 0.15) is 18.2 Å². The minimum Gasteiger partial charge on any atom is -0.494 e. The molecule has 2 heterocycles. The van der Waals surface area contributed by atoms with Crippen molar-refractivity contribution >= 4 is 34.7 Å². The number of aromatic nitrogens is 1. The van der Waals surface area contributed by atoms with Crippen molar-refractivity contribution < 1.29 is 14.3 Å². The van der Waals surface area contributed by atoms with Crippen molar-refractivity contribution in [3.63, 3.8) is 0 Å². The predicted octanol–water partition coefficient (Wildman–Crippen LogP) is 5.03. The molecule has 3 rings (SSSR count). The zero-order valence-corrected chi connectivity index (χ0v) is 15.3. The van der Waals surface area contributed by atoms with Crippen LogP contribution in [0.3, 0.4) is 0 Å². The van der Waals surface area contributed by atoms with Crippen LogP contribution < -0.4 is 4.74 Å². The van der Waals surface area contributed by atoms with Gasteiger partial charge in [-0.1, -0.05) is 12.1 Å². The molecular formula is C19H17NO3S2. The molecule has 0 aliphatic carbocycles. The fourth-order valence-electron chi connectivity index (χ4n) is 2.09. The number of hydrogen-bond acceptors (Lipinski definition) is 6. The minimum absolute atomic E-state index is 0.174. The molecule has 3 aromatic rings. The smallest absolute Gasteiger partial charge is 0.331 e. The first-order chi connectivity index (χ1) is 12.2. The lowest BCUT2D eigenvalue weighted by molar-refractivity contribution is -0.139. The Kier molecular flexibility index (Phi) is 5.98. The Balaban J connectivity index is 1.51. The standard InChI is InChI=1S/C19H17NO3S2/c1-2-22-17-6-3-14(4-7-17)5-8-18(21)23-11-16-13-25-19(20-16)15-9-10-24-12-15/h3-10,12-13H,2,11H2,1H3/b8-5+. The van der Waals surface area contributed by atoms with Gasteiger partial charge in [0.25, 0.3) is 0 Å². The van der Waals surface area contributed by atoms with E-state index in [1.807, 2.05) is 53.4 Å². The summed E-state index contributed by atoms with van der Waals surface area (Å²) in [5.74, 6) is 0.422. The van der Waals surface area contributed by atoms with Crippen molar-refractivity contribution in [1.29, 1.82) is 0 Å². The molecule has 6 heteroatoms. The summed E-state index contributed by atoms with van der Waals surface area (Å²) in [4.78, 5) is 16.3. The zero-order chi connectivity index (χ0) is 17.5. The Hall–Kier alpha value is -2.44. The van der Waals surface area contributed by atoms with Gasteiger partial charge in [0.15, 0.2) is 0 Å². The van der Waals surface area contributed by atoms with Crippen LogP contribution in [0.15, 0.2) is 52.5 Å². The number of esters is 1. The molecule has 2 aromatic heterocycles. The molecule has 0 bridgehead atoms. The van der Waals surface area contributed by atoms with Crippen molar-refractivity contribution in [3.8, 4) is 16.3 Å². The third-order valence-electron chi connectivity index (χ3n) is 3.29. The molecule has 0 atom stereocenters. The molecule has 0 spiro atoms. The first-order valence-electron chi connectivity index (χ1n) is 7.79. The highest BCUT2D eigenvalue weighted by Gasteiger charge is 2.06. The Morgan fingerprint density at radius 2 is 2.04 bits per heavy atom. The zero-order valence-electron chi connectivity index (χ0n) is 13.7. The number of ether oxygens (including phenoxy) is 2. The number of nitrogens with zero attached hydrogens (tertiary/aromatic N) is 1. The molecule has 1 aromatic carbocycles. The van der Waals surface area contributed by atoms with Crippen LogP contribution in [0.2, 0.25) is 0 Å². The molecule has 0 fully saturated rings. The highest BCUT2D eigenvalue weighted by Crippen LogP contribution is 2.25. The van der Waals surface area contributed by atoms with Crippen molar-refractivity contribution in [2.75, 3.05) is 6.61 Å². The maximum atomic E-state index is 11.8. The molecule has 0 aliphatic heterocycles. The Bertz CT molecular complexity index is 836. The summed E-state index contributed by atoms with van der Waals surface area (Å²) in [5.41, 5.74) is 2.77. The van der Waals surface area contributed by atoms with E-state index in [1.54, 1.807) is 28.7 Å². The molecule has 0 N–H and O–H groups in total. The third kappa shape index (κ3) is 5.01. The number of carbonyl (C=O) groups excluding carboxylic acids is 1. The van der Waals surface area contributed by atoms with E-state index in [0.717, 1.165) is 27.6 Å². The van der Waals surface area contributed by atoms with Gasteiger partial charge in [0, 0.05) is 22.4 Å². The summed E-state index contributed by atoms with van der Waals surface area (Å²) in [7, 11) is 0. The average molecular weight is 371 g/mol. The summed E-state index contributed by atoms with van der Waals surface area (Å²) in [5, 5.41) is 6.92. The molecule has 0 unspecified atom stereocenters. The van der Waals surface area contributed by atoms with Crippen LogP contribution in [0.25, 0.3) is 16.6 Å². The molecule has 0 amide bonds. The summed E-state index contributed by atoms with van der Waals surface area (Å²) in [6, 6.07) is 9.55. The summed E-state index contributed by atoms with van der Waals surface area (Å²) >= 11 is 3.18. The quantitative estimate of drug-likeness (QED) is 0.432. The van der Waals surface area contributed by atoms with Crippen LogP contribution >= 0.6 is 22.7 Å². The topological polar surface area (TPSA) is 48.4 Å². The maximum Gasteiger partial charge on any atom is 0.331 e. The van der Waals surface area contributed by atoms with E-state index >= 15 is 0 Å². The molecule has 4 nitrogen and oxygen atoms in total. The number of thiazole rings is 1. The number of benzene rings is 1. The van der Waals surface area contributed by atoms with Crippen molar-refractivity contribution in [3.05, 3.63) is 63.8 Å². The van der Waals surface area contributed by atoms with Crippen molar-refractivity contribution in [2.24, 2.45) is 0 Å². The van der Waals surface area contributed by atoms with E-state index in [1.165, 1.54) is 6.08 Å². The van der Waals surface area contributed by atoms with Crippen LogP contribution in [-0.2, 0) is 16.1 Å². The van der Waals surface area contributed by atoms with Crippen LogP contribution in [-0.4, -0.2) is 17.6 Å². The second kappa shape index (κ2) is 8.60. The molecule has 128 valence electrons. The molecular weight excluding hydrogens is 354 g/mol. The van der Waals surface area contributed by atoms with Gasteiger partial charge in [0.05, 0.1) is 12.3 Å². The van der Waals surface area contributed by atoms with E-state index in [4.69, 9.17) is 9.47 Å². The lowest BCUT2D eigenvalue weighted by Gasteiger charge is -2.02. The average Bonchev–Trinajstić information content (AvgIpc) is 3.31. The first-order valence-corrected chi connectivity index (χ1v) is 9.61. The van der Waals surface area contributed by atoms with E-state index in [-0.39, 0.29) is 12.6 Å². The van der Waals surface area contributed by atoms with Crippen LogP contribution in [0, 0.1) is 0 Å². The minimum atomic E-state index is -0.390. The SMILES string of the molecule is CCOc1ccc(/C=C/C(=O)OCc2csc(-c3ccsc3)n2)cc1. The number of hydrogen-bond donors (Lipinski definition) is 0. The number of rotatable bonds is 7. The molecule has 0 saturated carbocycles. The molecule has 25 heavy (non-hydrogen) atoms. The van der Waals surface area contributed by atoms with Gasteiger partial charge in [-0.15, -0.1) is 11.3 Å². The number of thiophene rings is 1. The van der Waals surface area contributed by atoms with E-state index < -0.39 is 0 Å².